The third-order valence-corrected chi connectivity index (χ3v) is 6.37. The second kappa shape index (κ2) is 10.8. The Bertz CT molecular complexity index is 1310. The van der Waals surface area contributed by atoms with E-state index in [-0.39, 0.29) is 0 Å². The number of aromatic nitrogens is 1. The van der Waals surface area contributed by atoms with Gasteiger partial charge in [-0.25, -0.2) is 9.78 Å². The fourth-order valence-corrected chi connectivity index (χ4v) is 3.99. The van der Waals surface area contributed by atoms with Gasteiger partial charge in [0.1, 0.15) is 17.6 Å². The largest absolute Gasteiger partial charge is 0.493 e. The van der Waals surface area contributed by atoms with Crippen LogP contribution < -0.4 is 10.5 Å². The molecule has 0 aliphatic heterocycles. The maximum atomic E-state index is 12.2. The highest BCUT2D eigenvalue weighted by atomic mass is 16.5. The molecule has 2 N–H and O–H groups in total. The molecule has 36 heavy (non-hydrogen) atoms. The molecule has 1 aliphatic rings. The number of carbonyl (C=O) groups excluding carboxylic acids is 1. The number of benzene rings is 3. The van der Waals surface area contributed by atoms with Crippen LogP contribution in [0.15, 0.2) is 83.3 Å². The highest BCUT2D eigenvalue weighted by Crippen LogP contribution is 2.30. The third-order valence-electron chi connectivity index (χ3n) is 6.37. The summed E-state index contributed by atoms with van der Waals surface area (Å²) in [6.45, 7) is 2.79. The summed E-state index contributed by atoms with van der Waals surface area (Å²) >= 11 is 0. The van der Waals surface area contributed by atoms with Crippen molar-refractivity contribution >= 4 is 5.97 Å². The number of ether oxygens (including phenoxy) is 2. The molecule has 1 saturated carbocycles. The predicted octanol–water partition coefficient (Wildman–Crippen LogP) is 5.89. The molecule has 0 bridgehead atoms. The van der Waals surface area contributed by atoms with Crippen molar-refractivity contribution < 1.29 is 18.7 Å². The Morgan fingerprint density at radius 1 is 1.00 bits per heavy atom. The topological polar surface area (TPSA) is 87.6 Å². The molecule has 0 spiro atoms. The number of esters is 1. The van der Waals surface area contributed by atoms with E-state index in [1.807, 2.05) is 55.5 Å². The summed E-state index contributed by atoms with van der Waals surface area (Å²) in [6, 6.07) is 24.9. The second-order valence-electron chi connectivity index (χ2n) is 9.19. The minimum absolute atomic E-state index is 0.401. The van der Waals surface area contributed by atoms with E-state index < -0.39 is 12.0 Å². The number of oxazole rings is 1. The SMILES string of the molecule is Cc1oc(-c2ccc(-c3ccccc3)cc2)nc1CCOc1cccc(C(N)C(=O)OCC2CC2)c1. The van der Waals surface area contributed by atoms with Crippen LogP contribution in [-0.4, -0.2) is 24.2 Å². The van der Waals surface area contributed by atoms with Crippen LogP contribution in [0.25, 0.3) is 22.6 Å². The van der Waals surface area contributed by atoms with Crippen LogP contribution in [0.4, 0.5) is 0 Å². The zero-order valence-electron chi connectivity index (χ0n) is 20.4. The molecule has 1 fully saturated rings. The van der Waals surface area contributed by atoms with Crippen LogP contribution in [0.5, 0.6) is 5.75 Å². The van der Waals surface area contributed by atoms with Crippen molar-refractivity contribution in [2.45, 2.75) is 32.2 Å². The van der Waals surface area contributed by atoms with Crippen LogP contribution in [0.1, 0.15) is 35.9 Å². The van der Waals surface area contributed by atoms with Gasteiger partial charge in [0.15, 0.2) is 0 Å². The first-order valence-corrected chi connectivity index (χ1v) is 12.3. The molecule has 1 heterocycles. The molecule has 1 aromatic heterocycles. The summed E-state index contributed by atoms with van der Waals surface area (Å²) in [5, 5.41) is 0. The molecule has 3 aromatic carbocycles. The fraction of sp³-hybridized carbons (Fsp3) is 0.267. The van der Waals surface area contributed by atoms with Gasteiger partial charge in [0.2, 0.25) is 5.89 Å². The van der Waals surface area contributed by atoms with E-state index in [0.29, 0.717) is 42.8 Å². The van der Waals surface area contributed by atoms with E-state index in [1.165, 1.54) is 5.56 Å². The van der Waals surface area contributed by atoms with E-state index in [0.717, 1.165) is 35.4 Å². The first-order valence-electron chi connectivity index (χ1n) is 12.3. The van der Waals surface area contributed by atoms with Gasteiger partial charge in [-0.3, -0.25) is 0 Å². The monoisotopic (exact) mass is 482 g/mol. The Labute approximate surface area is 211 Å². The maximum Gasteiger partial charge on any atom is 0.327 e. The molecular weight excluding hydrogens is 452 g/mol. The molecule has 4 aromatic rings. The second-order valence-corrected chi connectivity index (χ2v) is 9.19. The minimum Gasteiger partial charge on any atom is -0.493 e. The highest BCUT2D eigenvalue weighted by molar-refractivity contribution is 5.77. The molecule has 6 heteroatoms. The first kappa shape index (κ1) is 23.8. The lowest BCUT2D eigenvalue weighted by Crippen LogP contribution is -2.24. The first-order chi connectivity index (χ1) is 17.6. The van der Waals surface area contributed by atoms with E-state index in [2.05, 4.69) is 24.3 Å². The summed E-state index contributed by atoms with van der Waals surface area (Å²) < 4.78 is 17.2. The van der Waals surface area contributed by atoms with Gasteiger partial charge in [-0.1, -0.05) is 54.6 Å². The predicted molar refractivity (Wildman–Crippen MR) is 138 cm³/mol. The standard InChI is InChI=1S/C30H30N2O4/c1-20-27(32-29(36-20)24-14-12-23(13-15-24)22-6-3-2-4-7-22)16-17-34-26-9-5-8-25(18-26)28(31)30(33)35-19-21-10-11-21/h2-9,12-15,18,21,28H,10-11,16-17,19,31H2,1H3. The lowest BCUT2D eigenvalue weighted by Gasteiger charge is -2.13. The zero-order chi connectivity index (χ0) is 24.9. The highest BCUT2D eigenvalue weighted by Gasteiger charge is 2.25. The Morgan fingerprint density at radius 2 is 1.72 bits per heavy atom. The minimum atomic E-state index is -0.819. The van der Waals surface area contributed by atoms with Crippen molar-refractivity contribution in [2.24, 2.45) is 11.7 Å². The number of hydrogen-bond donors (Lipinski definition) is 1. The van der Waals surface area contributed by atoms with Crippen molar-refractivity contribution in [1.82, 2.24) is 4.98 Å². The molecule has 0 radical (unpaired) electrons. The van der Waals surface area contributed by atoms with Gasteiger partial charge in [-0.15, -0.1) is 0 Å². The van der Waals surface area contributed by atoms with Crippen molar-refractivity contribution in [2.75, 3.05) is 13.2 Å². The molecule has 1 atom stereocenters. The molecule has 1 unspecified atom stereocenters. The lowest BCUT2D eigenvalue weighted by atomic mass is 10.0. The Morgan fingerprint density at radius 3 is 2.47 bits per heavy atom. The van der Waals surface area contributed by atoms with E-state index >= 15 is 0 Å². The van der Waals surface area contributed by atoms with Gasteiger partial charge < -0.3 is 19.6 Å². The van der Waals surface area contributed by atoms with Gasteiger partial charge in [0, 0.05) is 12.0 Å². The van der Waals surface area contributed by atoms with Crippen LogP contribution in [0.2, 0.25) is 0 Å². The van der Waals surface area contributed by atoms with Crippen molar-refractivity contribution in [3.05, 3.63) is 95.9 Å². The zero-order valence-corrected chi connectivity index (χ0v) is 20.4. The third kappa shape index (κ3) is 5.83. The molecular formula is C30H30N2O4. The maximum absolute atomic E-state index is 12.2. The number of nitrogens with two attached hydrogens (primary N) is 1. The van der Waals surface area contributed by atoms with E-state index in [1.54, 1.807) is 6.07 Å². The van der Waals surface area contributed by atoms with Gasteiger partial charge in [-0.05, 0) is 66.6 Å². The summed E-state index contributed by atoms with van der Waals surface area (Å²) in [5.41, 5.74) is 10.9. The van der Waals surface area contributed by atoms with Crippen LogP contribution in [-0.2, 0) is 16.0 Å². The molecule has 6 nitrogen and oxygen atoms in total. The van der Waals surface area contributed by atoms with Crippen LogP contribution in [0, 0.1) is 12.8 Å². The summed E-state index contributed by atoms with van der Waals surface area (Å²) in [6.07, 6.45) is 2.84. The van der Waals surface area contributed by atoms with Crippen LogP contribution >= 0.6 is 0 Å². The Hall–Kier alpha value is -3.90. The van der Waals surface area contributed by atoms with Gasteiger partial charge in [0.25, 0.3) is 0 Å². The number of nitrogens with zero attached hydrogens (tertiary/aromatic N) is 1. The van der Waals surface area contributed by atoms with Gasteiger partial charge >= 0.3 is 5.97 Å². The van der Waals surface area contributed by atoms with Crippen molar-refractivity contribution in [1.29, 1.82) is 0 Å². The fourth-order valence-electron chi connectivity index (χ4n) is 3.99. The van der Waals surface area contributed by atoms with Crippen molar-refractivity contribution in [3.8, 4) is 28.3 Å². The Balaban J connectivity index is 1.17. The molecule has 0 amide bonds. The molecule has 184 valence electrons. The summed E-state index contributed by atoms with van der Waals surface area (Å²) in [5.74, 6) is 2.12. The van der Waals surface area contributed by atoms with Crippen LogP contribution in [0.3, 0.4) is 0 Å². The van der Waals surface area contributed by atoms with E-state index in [9.17, 15) is 4.79 Å². The van der Waals surface area contributed by atoms with Gasteiger partial charge in [0.05, 0.1) is 18.9 Å². The van der Waals surface area contributed by atoms with E-state index in [4.69, 9.17) is 24.6 Å². The average Bonchev–Trinajstić information content (AvgIpc) is 3.68. The number of rotatable bonds is 10. The summed E-state index contributed by atoms with van der Waals surface area (Å²) in [4.78, 5) is 16.9. The number of aryl methyl sites for hydroxylation is 1. The normalized spacial score (nSPS) is 13.8. The molecule has 1 aliphatic carbocycles. The smallest absolute Gasteiger partial charge is 0.327 e. The number of carbonyl (C=O) groups is 1. The van der Waals surface area contributed by atoms with Crippen molar-refractivity contribution in [3.63, 3.8) is 0 Å². The molecule has 0 saturated heterocycles. The molecule has 5 rings (SSSR count). The lowest BCUT2D eigenvalue weighted by molar-refractivity contribution is -0.145. The average molecular weight is 483 g/mol. The van der Waals surface area contributed by atoms with Gasteiger partial charge in [-0.2, -0.15) is 0 Å². The number of hydrogen-bond acceptors (Lipinski definition) is 6. The quantitative estimate of drug-likeness (QED) is 0.284. The Kier molecular flexibility index (Phi) is 7.14. The summed E-state index contributed by atoms with van der Waals surface area (Å²) in [7, 11) is 0.